The number of hydrogen-bond donors (Lipinski definition) is 2. The standard InChI is InChI=1S/C21H22Cl2N2O5S/c22-16-9-8-15(11-17(16)23)12-18(20(26)25-10-4-7-19(25)21(27)28)24-31(29,30)13-14-5-2-1-3-6-14/h1-3,5-6,8-9,11,18-19,24H,4,7,10,12-13H2,(H,27,28)/t18-,19+/m1/s1. The molecule has 0 aromatic heterocycles. The van der Waals surface area contributed by atoms with Gasteiger partial charge in [0.25, 0.3) is 0 Å². The molecule has 3 rings (SSSR count). The van der Waals surface area contributed by atoms with E-state index in [2.05, 4.69) is 4.72 Å². The van der Waals surface area contributed by atoms with Gasteiger partial charge in [-0.05, 0) is 42.5 Å². The van der Waals surface area contributed by atoms with Crippen LogP contribution in [0.4, 0.5) is 0 Å². The smallest absolute Gasteiger partial charge is 0.326 e. The van der Waals surface area contributed by atoms with E-state index in [4.69, 9.17) is 23.2 Å². The minimum atomic E-state index is -3.89. The molecule has 7 nitrogen and oxygen atoms in total. The van der Waals surface area contributed by atoms with Crippen LogP contribution in [0.5, 0.6) is 0 Å². The summed E-state index contributed by atoms with van der Waals surface area (Å²) in [4.78, 5) is 26.0. The molecule has 1 aliphatic heterocycles. The highest BCUT2D eigenvalue weighted by Crippen LogP contribution is 2.25. The second-order valence-electron chi connectivity index (χ2n) is 7.40. The number of sulfonamides is 1. The van der Waals surface area contributed by atoms with Crippen LogP contribution in [0.2, 0.25) is 10.0 Å². The van der Waals surface area contributed by atoms with Gasteiger partial charge in [-0.1, -0.05) is 59.6 Å². The lowest BCUT2D eigenvalue weighted by atomic mass is 10.1. The second kappa shape index (κ2) is 9.99. The molecule has 31 heavy (non-hydrogen) atoms. The van der Waals surface area contributed by atoms with Gasteiger partial charge in [-0.2, -0.15) is 0 Å². The third-order valence-electron chi connectivity index (χ3n) is 5.06. The molecule has 1 amide bonds. The van der Waals surface area contributed by atoms with Crippen LogP contribution in [0.3, 0.4) is 0 Å². The van der Waals surface area contributed by atoms with Gasteiger partial charge in [0.1, 0.15) is 12.1 Å². The first-order chi connectivity index (χ1) is 14.7. The number of likely N-dealkylation sites (tertiary alicyclic amines) is 1. The van der Waals surface area contributed by atoms with E-state index in [0.29, 0.717) is 29.0 Å². The maximum absolute atomic E-state index is 13.2. The molecule has 1 saturated heterocycles. The number of hydrogen-bond acceptors (Lipinski definition) is 4. The molecule has 2 N–H and O–H groups in total. The van der Waals surface area contributed by atoms with Gasteiger partial charge in [0.15, 0.2) is 0 Å². The monoisotopic (exact) mass is 484 g/mol. The van der Waals surface area contributed by atoms with Gasteiger partial charge in [-0.3, -0.25) is 4.79 Å². The number of halogens is 2. The summed E-state index contributed by atoms with van der Waals surface area (Å²) in [5, 5.41) is 10.0. The van der Waals surface area contributed by atoms with Crippen LogP contribution < -0.4 is 4.72 Å². The summed E-state index contributed by atoms with van der Waals surface area (Å²) < 4.78 is 28.1. The van der Waals surface area contributed by atoms with Gasteiger partial charge in [0.05, 0.1) is 15.8 Å². The van der Waals surface area contributed by atoms with Gasteiger partial charge in [-0.15, -0.1) is 0 Å². The summed E-state index contributed by atoms with van der Waals surface area (Å²) in [6.45, 7) is 0.258. The molecule has 0 radical (unpaired) electrons. The maximum atomic E-state index is 13.2. The van der Waals surface area contributed by atoms with Crippen molar-refractivity contribution in [3.63, 3.8) is 0 Å². The molecule has 2 aromatic rings. The summed E-state index contributed by atoms with van der Waals surface area (Å²) >= 11 is 12.0. The zero-order valence-electron chi connectivity index (χ0n) is 16.5. The third-order valence-corrected chi connectivity index (χ3v) is 7.16. The van der Waals surface area contributed by atoms with Gasteiger partial charge in [0.2, 0.25) is 15.9 Å². The molecule has 0 unspecified atom stereocenters. The topological polar surface area (TPSA) is 104 Å². The van der Waals surface area contributed by atoms with E-state index in [1.807, 2.05) is 0 Å². The number of aliphatic carboxylic acids is 1. The normalized spacial score (nSPS) is 17.5. The summed E-state index contributed by atoms with van der Waals surface area (Å²) in [5.41, 5.74) is 1.17. The lowest BCUT2D eigenvalue weighted by Gasteiger charge is -2.27. The average molecular weight is 485 g/mol. The van der Waals surface area contributed by atoms with Crippen molar-refractivity contribution in [1.29, 1.82) is 0 Å². The van der Waals surface area contributed by atoms with Crippen molar-refractivity contribution in [3.8, 4) is 0 Å². The lowest BCUT2D eigenvalue weighted by Crippen LogP contribution is -2.52. The Balaban J connectivity index is 1.86. The van der Waals surface area contributed by atoms with Crippen LogP contribution in [0.1, 0.15) is 24.0 Å². The number of carbonyl (C=O) groups excluding carboxylic acids is 1. The molecule has 2 aromatic carbocycles. The van der Waals surface area contributed by atoms with E-state index in [1.165, 1.54) is 4.90 Å². The Bertz CT molecular complexity index is 1060. The number of nitrogens with one attached hydrogen (secondary N) is 1. The van der Waals surface area contributed by atoms with Crippen molar-refractivity contribution in [1.82, 2.24) is 9.62 Å². The van der Waals surface area contributed by atoms with Gasteiger partial charge in [-0.25, -0.2) is 17.9 Å². The Morgan fingerprint density at radius 1 is 1.10 bits per heavy atom. The van der Waals surface area contributed by atoms with E-state index < -0.39 is 34.0 Å². The predicted molar refractivity (Wildman–Crippen MR) is 119 cm³/mol. The van der Waals surface area contributed by atoms with Gasteiger partial charge < -0.3 is 10.0 Å². The van der Waals surface area contributed by atoms with Crippen molar-refractivity contribution in [2.24, 2.45) is 0 Å². The van der Waals surface area contributed by atoms with Crippen LogP contribution >= 0.6 is 23.2 Å². The summed E-state index contributed by atoms with van der Waals surface area (Å²) in [6.07, 6.45) is 0.878. The fraction of sp³-hybridized carbons (Fsp3) is 0.333. The molecule has 1 aliphatic rings. The Hall–Kier alpha value is -2.13. The third kappa shape index (κ3) is 6.20. The van der Waals surface area contributed by atoms with Crippen LogP contribution in [0.25, 0.3) is 0 Å². The van der Waals surface area contributed by atoms with E-state index >= 15 is 0 Å². The zero-order valence-corrected chi connectivity index (χ0v) is 18.8. The SMILES string of the molecule is O=C(O)[C@@H]1CCCN1C(=O)[C@@H](Cc1ccc(Cl)c(Cl)c1)NS(=O)(=O)Cc1ccccc1. The van der Waals surface area contributed by atoms with Crippen LogP contribution in [-0.4, -0.2) is 48.9 Å². The number of rotatable bonds is 8. The fourth-order valence-corrected chi connectivity index (χ4v) is 5.27. The molecule has 2 atom stereocenters. The molecule has 10 heteroatoms. The number of benzene rings is 2. The summed E-state index contributed by atoms with van der Waals surface area (Å²) in [5.74, 6) is -1.99. The minimum Gasteiger partial charge on any atom is -0.480 e. The number of amides is 1. The molecular weight excluding hydrogens is 463 g/mol. The Kier molecular flexibility index (Phi) is 7.59. The fourth-order valence-electron chi connectivity index (χ4n) is 3.62. The van der Waals surface area contributed by atoms with E-state index in [9.17, 15) is 23.1 Å². The highest BCUT2D eigenvalue weighted by molar-refractivity contribution is 7.88. The van der Waals surface area contributed by atoms with E-state index in [0.717, 1.165) is 0 Å². The molecule has 0 spiro atoms. The molecule has 166 valence electrons. The van der Waals surface area contributed by atoms with Crippen molar-refractivity contribution < 1.29 is 23.1 Å². The highest BCUT2D eigenvalue weighted by atomic mass is 35.5. The van der Waals surface area contributed by atoms with Gasteiger partial charge in [0, 0.05) is 6.54 Å². The van der Waals surface area contributed by atoms with Crippen molar-refractivity contribution in [2.45, 2.75) is 37.1 Å². The summed E-state index contributed by atoms with van der Waals surface area (Å²) in [6, 6.07) is 11.2. The Morgan fingerprint density at radius 2 is 1.81 bits per heavy atom. The van der Waals surface area contributed by atoms with Crippen molar-refractivity contribution in [2.75, 3.05) is 6.54 Å². The number of nitrogens with zero attached hydrogens (tertiary/aromatic N) is 1. The molecule has 0 saturated carbocycles. The highest BCUT2D eigenvalue weighted by Gasteiger charge is 2.38. The molecular formula is C21H22Cl2N2O5S. The largest absolute Gasteiger partial charge is 0.480 e. The second-order valence-corrected chi connectivity index (χ2v) is 9.96. The molecule has 0 bridgehead atoms. The molecule has 1 fully saturated rings. The van der Waals surface area contributed by atoms with Crippen molar-refractivity contribution in [3.05, 3.63) is 69.7 Å². The number of carboxylic acid groups (broad SMARTS) is 1. The van der Waals surface area contributed by atoms with E-state index in [-0.39, 0.29) is 23.7 Å². The molecule has 1 heterocycles. The van der Waals surface area contributed by atoms with Crippen molar-refractivity contribution >= 4 is 45.1 Å². The molecule has 0 aliphatic carbocycles. The van der Waals surface area contributed by atoms with Gasteiger partial charge >= 0.3 is 5.97 Å². The maximum Gasteiger partial charge on any atom is 0.326 e. The number of carbonyl (C=O) groups is 2. The summed E-state index contributed by atoms with van der Waals surface area (Å²) in [7, 11) is -3.89. The Labute approximate surface area is 191 Å². The van der Waals surface area contributed by atoms with Crippen LogP contribution in [0, 0.1) is 0 Å². The van der Waals surface area contributed by atoms with Crippen LogP contribution in [-0.2, 0) is 31.8 Å². The number of carboxylic acids is 1. The lowest BCUT2D eigenvalue weighted by molar-refractivity contribution is -0.148. The quantitative estimate of drug-likeness (QED) is 0.598. The van der Waals surface area contributed by atoms with Crippen LogP contribution in [0.15, 0.2) is 48.5 Å². The zero-order chi connectivity index (χ0) is 22.6. The minimum absolute atomic E-state index is 0.00653. The first-order valence-electron chi connectivity index (χ1n) is 9.67. The first-order valence-corrected chi connectivity index (χ1v) is 12.1. The Morgan fingerprint density at radius 3 is 2.45 bits per heavy atom. The average Bonchev–Trinajstić information content (AvgIpc) is 3.20. The van der Waals surface area contributed by atoms with E-state index in [1.54, 1.807) is 48.5 Å². The first kappa shape index (κ1) is 23.5. The predicted octanol–water partition coefficient (Wildman–Crippen LogP) is 3.10.